The van der Waals surface area contributed by atoms with Crippen LogP contribution in [0, 0.1) is 0 Å². The first-order valence-electron chi connectivity index (χ1n) is 5.68. The number of hydrogen-bond acceptors (Lipinski definition) is 5. The maximum atomic E-state index is 11.5. The monoisotopic (exact) mass is 255 g/mol. The molecule has 2 rings (SSSR count). The minimum atomic E-state index is -3.15. The Balaban J connectivity index is 2.40. The largest absolute Gasteiger partial charge is 0.326 e. The van der Waals surface area contributed by atoms with E-state index < -0.39 is 15.1 Å². The van der Waals surface area contributed by atoms with Gasteiger partial charge < -0.3 is 5.73 Å². The van der Waals surface area contributed by atoms with E-state index >= 15 is 0 Å². The summed E-state index contributed by atoms with van der Waals surface area (Å²) in [5, 5.41) is -0.660. The van der Waals surface area contributed by atoms with Gasteiger partial charge in [-0.2, -0.15) is 0 Å². The third kappa shape index (κ3) is 2.63. The molecule has 17 heavy (non-hydrogen) atoms. The van der Waals surface area contributed by atoms with Gasteiger partial charge in [0.1, 0.15) is 11.1 Å². The fraction of sp³-hybridized carbons (Fsp3) is 0.636. The van der Waals surface area contributed by atoms with Gasteiger partial charge in [0.05, 0.1) is 5.69 Å². The molecule has 1 unspecified atom stereocenters. The van der Waals surface area contributed by atoms with E-state index in [0.717, 1.165) is 24.1 Å². The van der Waals surface area contributed by atoms with Crippen molar-refractivity contribution < 1.29 is 8.42 Å². The summed E-state index contributed by atoms with van der Waals surface area (Å²) in [6.45, 7) is 2.02. The van der Waals surface area contributed by atoms with Gasteiger partial charge in [-0.15, -0.1) is 0 Å². The van der Waals surface area contributed by atoms with Crippen molar-refractivity contribution in [3.05, 3.63) is 23.3 Å². The normalized spacial score (nSPS) is 18.1. The van der Waals surface area contributed by atoms with Gasteiger partial charge >= 0.3 is 0 Å². The van der Waals surface area contributed by atoms with E-state index in [2.05, 4.69) is 9.97 Å². The predicted molar refractivity (Wildman–Crippen MR) is 65.2 cm³/mol. The summed E-state index contributed by atoms with van der Waals surface area (Å²) in [6, 6.07) is 0. The molecule has 1 heterocycles. The quantitative estimate of drug-likeness (QED) is 0.864. The average Bonchev–Trinajstić information content (AvgIpc) is 3.09. The van der Waals surface area contributed by atoms with Crippen LogP contribution in [0.25, 0.3) is 0 Å². The van der Waals surface area contributed by atoms with Crippen LogP contribution in [0.1, 0.15) is 48.0 Å². The molecule has 2 N–H and O–H groups in total. The van der Waals surface area contributed by atoms with Crippen molar-refractivity contribution in [1.29, 1.82) is 0 Å². The van der Waals surface area contributed by atoms with E-state index in [1.54, 1.807) is 13.1 Å². The smallest absolute Gasteiger partial charge is 0.157 e. The number of sulfone groups is 1. The molecule has 0 aliphatic heterocycles. The van der Waals surface area contributed by atoms with E-state index in [0.29, 0.717) is 18.3 Å². The number of nitrogens with zero attached hydrogens (tertiary/aromatic N) is 2. The lowest BCUT2D eigenvalue weighted by molar-refractivity contribution is 0.588. The number of nitrogens with two attached hydrogens (primary N) is 1. The molecule has 94 valence electrons. The molecule has 0 bridgehead atoms. The van der Waals surface area contributed by atoms with Crippen LogP contribution >= 0.6 is 0 Å². The summed E-state index contributed by atoms with van der Waals surface area (Å²) in [6.07, 6.45) is 5.08. The molecule has 1 atom stereocenters. The standard InChI is InChI=1S/C11H17N3O2S/c1-7(17(2,15)16)11-13-6-9(5-12)10(14-11)8-3-4-8/h6-8H,3-5,12H2,1-2H3. The van der Waals surface area contributed by atoms with Crippen molar-refractivity contribution in [1.82, 2.24) is 9.97 Å². The van der Waals surface area contributed by atoms with Gasteiger partial charge in [-0.3, -0.25) is 0 Å². The van der Waals surface area contributed by atoms with E-state index in [4.69, 9.17) is 5.73 Å². The molecule has 6 heteroatoms. The highest BCUT2D eigenvalue weighted by atomic mass is 32.2. The molecule has 0 aromatic carbocycles. The van der Waals surface area contributed by atoms with Crippen LogP contribution in [0.2, 0.25) is 0 Å². The summed E-state index contributed by atoms with van der Waals surface area (Å²) in [5.74, 6) is 0.827. The van der Waals surface area contributed by atoms with Crippen LogP contribution in [0.3, 0.4) is 0 Å². The second-order valence-electron chi connectivity index (χ2n) is 4.59. The Morgan fingerprint density at radius 3 is 2.65 bits per heavy atom. The Bertz CT molecular complexity index is 524. The molecular formula is C11H17N3O2S. The first-order valence-corrected chi connectivity index (χ1v) is 7.63. The van der Waals surface area contributed by atoms with E-state index in [9.17, 15) is 8.42 Å². The molecule has 5 nitrogen and oxygen atoms in total. The maximum absolute atomic E-state index is 11.5. The van der Waals surface area contributed by atoms with Gasteiger partial charge in [0.2, 0.25) is 0 Å². The van der Waals surface area contributed by atoms with E-state index in [1.807, 2.05) is 0 Å². The third-order valence-electron chi connectivity index (χ3n) is 3.11. The molecular weight excluding hydrogens is 238 g/mol. The van der Waals surface area contributed by atoms with Gasteiger partial charge in [0.25, 0.3) is 0 Å². The molecule has 1 fully saturated rings. The van der Waals surface area contributed by atoms with Crippen molar-refractivity contribution >= 4 is 9.84 Å². The van der Waals surface area contributed by atoms with E-state index in [-0.39, 0.29) is 0 Å². The molecule has 1 saturated carbocycles. The predicted octanol–water partition coefficient (Wildman–Crippen LogP) is 0.918. The second kappa shape index (κ2) is 4.34. The summed E-state index contributed by atoms with van der Waals surface area (Å²) in [7, 11) is -3.15. The van der Waals surface area contributed by atoms with Gasteiger partial charge in [-0.25, -0.2) is 18.4 Å². The Morgan fingerprint density at radius 1 is 1.53 bits per heavy atom. The van der Waals surface area contributed by atoms with Crippen LogP contribution in [0.5, 0.6) is 0 Å². The molecule has 1 aromatic heterocycles. The molecule has 0 spiro atoms. The summed E-state index contributed by atoms with van der Waals surface area (Å²) < 4.78 is 23.0. The highest BCUT2D eigenvalue weighted by Gasteiger charge is 2.29. The van der Waals surface area contributed by atoms with Crippen molar-refractivity contribution in [3.63, 3.8) is 0 Å². The molecule has 0 saturated heterocycles. The zero-order chi connectivity index (χ0) is 12.6. The van der Waals surface area contributed by atoms with Crippen LogP contribution in [-0.4, -0.2) is 24.6 Å². The minimum Gasteiger partial charge on any atom is -0.326 e. The SMILES string of the molecule is CC(c1ncc(CN)c(C2CC2)n1)S(C)(=O)=O. The Morgan fingerprint density at radius 2 is 2.18 bits per heavy atom. The lowest BCUT2D eigenvalue weighted by Crippen LogP contribution is -2.14. The minimum absolute atomic E-state index is 0.381. The Hall–Kier alpha value is -1.01. The van der Waals surface area contributed by atoms with Crippen molar-refractivity contribution in [2.45, 2.75) is 37.5 Å². The van der Waals surface area contributed by atoms with Gasteiger partial charge in [0, 0.05) is 30.5 Å². The third-order valence-corrected chi connectivity index (χ3v) is 4.60. The first kappa shape index (κ1) is 12.4. The van der Waals surface area contributed by atoms with Crippen molar-refractivity contribution in [2.24, 2.45) is 5.73 Å². The van der Waals surface area contributed by atoms with Crippen LogP contribution in [0.15, 0.2) is 6.20 Å². The number of hydrogen-bond donors (Lipinski definition) is 1. The lowest BCUT2D eigenvalue weighted by Gasteiger charge is -2.11. The second-order valence-corrected chi connectivity index (χ2v) is 6.95. The maximum Gasteiger partial charge on any atom is 0.157 e. The van der Waals surface area contributed by atoms with Gasteiger partial charge in [-0.1, -0.05) is 0 Å². The topological polar surface area (TPSA) is 85.9 Å². The van der Waals surface area contributed by atoms with Gasteiger partial charge in [0.15, 0.2) is 9.84 Å². The number of aromatic nitrogens is 2. The Labute approximate surface area is 101 Å². The zero-order valence-corrected chi connectivity index (χ0v) is 10.9. The van der Waals surface area contributed by atoms with Crippen molar-refractivity contribution in [3.8, 4) is 0 Å². The molecule has 1 aliphatic rings. The summed E-state index contributed by atoms with van der Waals surface area (Å²) in [4.78, 5) is 8.52. The molecule has 1 aromatic rings. The summed E-state index contributed by atoms with van der Waals surface area (Å²) >= 11 is 0. The fourth-order valence-corrected chi connectivity index (χ4v) is 2.19. The summed E-state index contributed by atoms with van der Waals surface area (Å²) in [5.41, 5.74) is 7.50. The molecule has 1 aliphatic carbocycles. The van der Waals surface area contributed by atoms with E-state index in [1.165, 1.54) is 6.26 Å². The highest BCUT2D eigenvalue weighted by molar-refractivity contribution is 7.90. The van der Waals surface area contributed by atoms with Crippen LogP contribution in [0.4, 0.5) is 0 Å². The highest BCUT2D eigenvalue weighted by Crippen LogP contribution is 2.40. The molecule has 0 amide bonds. The first-order chi connectivity index (χ1) is 7.93. The van der Waals surface area contributed by atoms with Crippen molar-refractivity contribution in [2.75, 3.05) is 6.26 Å². The van der Waals surface area contributed by atoms with Crippen LogP contribution in [-0.2, 0) is 16.4 Å². The number of rotatable bonds is 4. The van der Waals surface area contributed by atoms with Crippen LogP contribution < -0.4 is 5.73 Å². The Kier molecular flexibility index (Phi) is 3.18. The fourth-order valence-electron chi connectivity index (χ4n) is 1.69. The van der Waals surface area contributed by atoms with Gasteiger partial charge in [-0.05, 0) is 19.8 Å². The molecule has 0 radical (unpaired) electrons. The lowest BCUT2D eigenvalue weighted by atomic mass is 10.1. The average molecular weight is 255 g/mol. The zero-order valence-electron chi connectivity index (χ0n) is 10.0.